The van der Waals surface area contributed by atoms with Gasteiger partial charge in [-0.25, -0.2) is 0 Å². The van der Waals surface area contributed by atoms with E-state index in [1.807, 2.05) is 20.8 Å². The smallest absolute Gasteiger partial charge is 0.219 e. The lowest BCUT2D eigenvalue weighted by Crippen LogP contribution is -2.26. The molecule has 0 fully saturated rings. The highest BCUT2D eigenvalue weighted by molar-refractivity contribution is 5.75. The number of ether oxygens (including phenoxy) is 4. The van der Waals surface area contributed by atoms with Crippen molar-refractivity contribution in [2.45, 2.75) is 34.1 Å². The number of amides is 1. The van der Waals surface area contributed by atoms with Crippen molar-refractivity contribution < 1.29 is 23.7 Å². The van der Waals surface area contributed by atoms with Crippen molar-refractivity contribution in [3.05, 3.63) is 0 Å². The number of carbonyl (C=O) groups excluding carboxylic acids is 1. The summed E-state index contributed by atoms with van der Waals surface area (Å²) in [6, 6.07) is 0. The van der Waals surface area contributed by atoms with Gasteiger partial charge in [0.05, 0.1) is 46.2 Å². The fraction of sp³-hybridized carbons (Fsp3) is 0.824. The van der Waals surface area contributed by atoms with Gasteiger partial charge in [-0.3, -0.25) is 4.79 Å². The van der Waals surface area contributed by atoms with Crippen molar-refractivity contribution in [1.82, 2.24) is 5.32 Å². The monoisotopic (exact) mass is 331 g/mol. The zero-order chi connectivity index (χ0) is 17.6. The van der Waals surface area contributed by atoms with Gasteiger partial charge in [0.25, 0.3) is 0 Å². The van der Waals surface area contributed by atoms with E-state index in [2.05, 4.69) is 17.2 Å². The Labute approximate surface area is 141 Å². The molecule has 0 aromatic carbocycles. The lowest BCUT2D eigenvalue weighted by Gasteiger charge is -2.07. The number of nitrogens with one attached hydrogen (secondary N) is 1. The molecule has 23 heavy (non-hydrogen) atoms. The van der Waals surface area contributed by atoms with Gasteiger partial charge < -0.3 is 24.3 Å². The zero-order valence-corrected chi connectivity index (χ0v) is 15.1. The summed E-state index contributed by atoms with van der Waals surface area (Å²) in [5.74, 6) is 5.60. The number of hydrogen-bond acceptors (Lipinski definition) is 5. The average Bonchev–Trinajstić information content (AvgIpc) is 2.59. The van der Waals surface area contributed by atoms with E-state index in [0.717, 1.165) is 0 Å². The molecule has 0 aromatic rings. The van der Waals surface area contributed by atoms with E-state index < -0.39 is 0 Å². The van der Waals surface area contributed by atoms with Gasteiger partial charge in [-0.2, -0.15) is 0 Å². The summed E-state index contributed by atoms with van der Waals surface area (Å²) in [5.41, 5.74) is 0. The molecule has 0 atom stereocenters. The predicted molar refractivity (Wildman–Crippen MR) is 91.4 cm³/mol. The van der Waals surface area contributed by atoms with Gasteiger partial charge >= 0.3 is 0 Å². The summed E-state index contributed by atoms with van der Waals surface area (Å²) in [6.45, 7) is 12.3. The van der Waals surface area contributed by atoms with Crippen molar-refractivity contribution in [3.8, 4) is 11.8 Å². The van der Waals surface area contributed by atoms with Gasteiger partial charge in [0, 0.05) is 13.0 Å². The average molecular weight is 331 g/mol. The molecule has 0 saturated carbocycles. The molecular formula is C17H33NO5. The Balaban J connectivity index is 0. The first kappa shape index (κ1) is 24.1. The first-order valence-corrected chi connectivity index (χ1v) is 8.28. The fourth-order valence-electron chi connectivity index (χ4n) is 1.24. The van der Waals surface area contributed by atoms with Gasteiger partial charge in [-0.05, 0) is 6.92 Å². The molecule has 0 aliphatic carbocycles. The lowest BCUT2D eigenvalue weighted by atomic mass is 10.4. The minimum Gasteiger partial charge on any atom is -0.377 e. The van der Waals surface area contributed by atoms with Crippen molar-refractivity contribution in [2.75, 3.05) is 59.4 Å². The molecule has 6 heteroatoms. The highest BCUT2D eigenvalue weighted by Crippen LogP contribution is 1.83. The molecule has 0 unspecified atom stereocenters. The summed E-state index contributed by atoms with van der Waals surface area (Å²) in [6.07, 6.45) is 0.500. The van der Waals surface area contributed by atoms with Crippen LogP contribution in [0.15, 0.2) is 0 Å². The Morgan fingerprint density at radius 3 is 1.83 bits per heavy atom. The number of carbonyl (C=O) groups is 1. The maximum Gasteiger partial charge on any atom is 0.219 e. The van der Waals surface area contributed by atoms with Gasteiger partial charge in [0.15, 0.2) is 0 Å². The van der Waals surface area contributed by atoms with Crippen LogP contribution in [0, 0.1) is 11.8 Å². The van der Waals surface area contributed by atoms with Gasteiger partial charge in [-0.1, -0.05) is 26.7 Å². The molecular weight excluding hydrogens is 298 g/mol. The van der Waals surface area contributed by atoms with E-state index in [1.54, 1.807) is 6.92 Å². The molecule has 0 heterocycles. The Morgan fingerprint density at radius 2 is 1.35 bits per heavy atom. The molecule has 6 nitrogen and oxygen atoms in total. The van der Waals surface area contributed by atoms with Crippen LogP contribution in [0.3, 0.4) is 0 Å². The molecule has 0 aromatic heterocycles. The number of rotatable bonds is 14. The fourth-order valence-corrected chi connectivity index (χ4v) is 1.24. The SMILES string of the molecule is CC.CC#CCOCCOCCOCCOCCNC(=O)CC. The molecule has 0 radical (unpaired) electrons. The van der Waals surface area contributed by atoms with Crippen molar-refractivity contribution in [3.63, 3.8) is 0 Å². The molecule has 136 valence electrons. The second-order valence-corrected chi connectivity index (χ2v) is 4.02. The summed E-state index contributed by atoms with van der Waals surface area (Å²) in [4.78, 5) is 10.9. The molecule has 1 N–H and O–H groups in total. The topological polar surface area (TPSA) is 66.0 Å². The largest absolute Gasteiger partial charge is 0.377 e. The zero-order valence-electron chi connectivity index (χ0n) is 15.1. The summed E-state index contributed by atoms with van der Waals surface area (Å²) in [7, 11) is 0. The van der Waals surface area contributed by atoms with Crippen molar-refractivity contribution in [1.29, 1.82) is 0 Å². The van der Waals surface area contributed by atoms with Gasteiger partial charge in [0.2, 0.25) is 5.91 Å². The van der Waals surface area contributed by atoms with Crippen LogP contribution in [-0.4, -0.2) is 65.3 Å². The van der Waals surface area contributed by atoms with Crippen molar-refractivity contribution in [2.24, 2.45) is 0 Å². The Hall–Kier alpha value is -1.13. The predicted octanol–water partition coefficient (Wildman–Crippen LogP) is 1.63. The van der Waals surface area contributed by atoms with E-state index in [9.17, 15) is 4.79 Å². The van der Waals surface area contributed by atoms with Crippen LogP contribution in [0.2, 0.25) is 0 Å². The lowest BCUT2D eigenvalue weighted by molar-refractivity contribution is -0.121. The van der Waals surface area contributed by atoms with E-state index >= 15 is 0 Å². The second kappa shape index (κ2) is 23.1. The summed E-state index contributed by atoms with van der Waals surface area (Å²) < 4.78 is 21.1. The maximum atomic E-state index is 10.9. The second-order valence-electron chi connectivity index (χ2n) is 4.02. The summed E-state index contributed by atoms with van der Waals surface area (Å²) in [5, 5.41) is 2.73. The molecule has 0 aliphatic heterocycles. The Bertz CT molecular complexity index is 299. The maximum absolute atomic E-state index is 10.9. The molecule has 1 amide bonds. The van der Waals surface area contributed by atoms with Crippen molar-refractivity contribution >= 4 is 5.91 Å². The molecule has 0 bridgehead atoms. The molecule has 0 aliphatic rings. The number of hydrogen-bond donors (Lipinski definition) is 1. The van der Waals surface area contributed by atoms with E-state index in [4.69, 9.17) is 18.9 Å². The first-order chi connectivity index (χ1) is 11.3. The highest BCUT2D eigenvalue weighted by Gasteiger charge is 1.95. The standard InChI is InChI=1S/C15H27NO5.C2H6/c1-3-5-7-18-9-11-20-13-14-21-12-10-19-8-6-16-15(17)4-2;1-2/h4,6-14H2,1-2H3,(H,16,17);1-2H3. The first-order valence-electron chi connectivity index (χ1n) is 8.28. The third-order valence-corrected chi connectivity index (χ3v) is 2.36. The third kappa shape index (κ3) is 23.3. The molecule has 0 rings (SSSR count). The molecule has 0 spiro atoms. The van der Waals surface area contributed by atoms with Gasteiger partial charge in [-0.15, -0.1) is 5.92 Å². The van der Waals surface area contributed by atoms with Gasteiger partial charge in [0.1, 0.15) is 6.61 Å². The molecule has 0 saturated heterocycles. The van der Waals surface area contributed by atoms with Crippen LogP contribution >= 0.6 is 0 Å². The Morgan fingerprint density at radius 1 is 0.870 bits per heavy atom. The highest BCUT2D eigenvalue weighted by atomic mass is 16.6. The van der Waals surface area contributed by atoms with Crippen LogP contribution in [0.4, 0.5) is 0 Å². The summed E-state index contributed by atoms with van der Waals surface area (Å²) >= 11 is 0. The Kier molecular flexibility index (Phi) is 24.3. The van der Waals surface area contributed by atoms with Crippen LogP contribution in [0.25, 0.3) is 0 Å². The van der Waals surface area contributed by atoms with E-state index in [1.165, 1.54) is 0 Å². The minimum absolute atomic E-state index is 0.0396. The quantitative estimate of drug-likeness (QED) is 0.387. The minimum atomic E-state index is 0.0396. The van der Waals surface area contributed by atoms with Crippen LogP contribution in [-0.2, 0) is 23.7 Å². The third-order valence-electron chi connectivity index (χ3n) is 2.36. The van der Waals surface area contributed by atoms with E-state index in [0.29, 0.717) is 65.8 Å². The normalized spacial score (nSPS) is 9.39. The van der Waals surface area contributed by atoms with Crippen LogP contribution in [0.5, 0.6) is 0 Å². The van der Waals surface area contributed by atoms with E-state index in [-0.39, 0.29) is 5.91 Å². The van der Waals surface area contributed by atoms with Crippen LogP contribution in [0.1, 0.15) is 34.1 Å². The van der Waals surface area contributed by atoms with Crippen LogP contribution < -0.4 is 5.32 Å².